The topological polar surface area (TPSA) is 70.6 Å². The van der Waals surface area contributed by atoms with Gasteiger partial charge in [-0.15, -0.1) is 0 Å². The number of aliphatic hydroxyl groups is 1. The van der Waals surface area contributed by atoms with Crippen LogP contribution in [0.4, 0.5) is 10.5 Å². The van der Waals surface area contributed by atoms with E-state index in [-0.39, 0.29) is 6.54 Å². The molecule has 0 saturated heterocycles. The first-order valence-corrected chi connectivity index (χ1v) is 10.9. The Bertz CT molecular complexity index is 1030. The number of carbonyl (C=O) groups is 1. The van der Waals surface area contributed by atoms with E-state index in [1.165, 1.54) is 0 Å². The van der Waals surface area contributed by atoms with E-state index in [1.54, 1.807) is 12.1 Å². The monoisotopic (exact) mass is 452 g/mol. The molecule has 5 nitrogen and oxygen atoms in total. The zero-order chi connectivity index (χ0) is 23.1. The fourth-order valence-electron chi connectivity index (χ4n) is 3.34. The Hall–Kier alpha value is -3.02. The normalized spacial score (nSPS) is 12.2. The van der Waals surface area contributed by atoms with Gasteiger partial charge in [0.2, 0.25) is 0 Å². The first-order chi connectivity index (χ1) is 15.2. The number of nitrogens with one attached hydrogen (secondary N) is 2. The quantitative estimate of drug-likeness (QED) is 0.407. The number of hydrogen-bond acceptors (Lipinski definition) is 4. The molecular formula is C26H29ClN2O3. The van der Waals surface area contributed by atoms with Gasteiger partial charge in [-0.05, 0) is 49.6 Å². The van der Waals surface area contributed by atoms with E-state index in [9.17, 15) is 9.90 Å². The van der Waals surface area contributed by atoms with Gasteiger partial charge in [-0.2, -0.15) is 0 Å². The van der Waals surface area contributed by atoms with E-state index in [1.807, 2.05) is 81.4 Å². The number of carbonyl (C=O) groups excluding carboxylic acids is 1. The standard InChI is InChI=1S/C26H29ClN2O3/c1-26(2,3)32-25(31)29-17-20-14-21(27)15-22(24(30)19-12-8-5-9-13-19)23(20)28-16-18-10-6-4-7-11-18/h4-15,24,28,30H,16-17H2,1-3H3,(H,29,31). The van der Waals surface area contributed by atoms with Crippen molar-refractivity contribution in [2.24, 2.45) is 0 Å². The summed E-state index contributed by atoms with van der Waals surface area (Å²) in [4.78, 5) is 12.2. The van der Waals surface area contributed by atoms with Gasteiger partial charge < -0.3 is 20.5 Å². The number of hydrogen-bond donors (Lipinski definition) is 3. The molecule has 0 radical (unpaired) electrons. The molecule has 1 atom stereocenters. The van der Waals surface area contributed by atoms with Crippen molar-refractivity contribution in [3.05, 3.63) is 100 Å². The van der Waals surface area contributed by atoms with Crippen LogP contribution in [0.25, 0.3) is 0 Å². The SMILES string of the molecule is CC(C)(C)OC(=O)NCc1cc(Cl)cc(C(O)c2ccccc2)c1NCc1ccccc1. The van der Waals surface area contributed by atoms with Gasteiger partial charge in [-0.25, -0.2) is 4.79 Å². The third-order valence-electron chi connectivity index (χ3n) is 4.76. The van der Waals surface area contributed by atoms with E-state index in [0.29, 0.717) is 17.1 Å². The molecule has 3 N–H and O–H groups in total. The molecule has 0 saturated carbocycles. The third-order valence-corrected chi connectivity index (χ3v) is 4.98. The highest BCUT2D eigenvalue weighted by molar-refractivity contribution is 6.30. The van der Waals surface area contributed by atoms with E-state index in [2.05, 4.69) is 10.6 Å². The van der Waals surface area contributed by atoms with Gasteiger partial charge in [0.15, 0.2) is 0 Å². The Labute approximate surface area is 194 Å². The summed E-state index contributed by atoms with van der Waals surface area (Å²) in [6, 6.07) is 22.9. The summed E-state index contributed by atoms with van der Waals surface area (Å²) in [7, 11) is 0. The zero-order valence-corrected chi connectivity index (χ0v) is 19.3. The number of amides is 1. The predicted molar refractivity (Wildman–Crippen MR) is 129 cm³/mol. The average molecular weight is 453 g/mol. The number of anilines is 1. The molecule has 168 valence electrons. The first kappa shape index (κ1) is 23.6. The average Bonchev–Trinajstić information content (AvgIpc) is 2.76. The van der Waals surface area contributed by atoms with Crippen molar-refractivity contribution in [2.45, 2.75) is 45.6 Å². The molecular weight excluding hydrogens is 424 g/mol. The molecule has 0 aliphatic heterocycles. The molecule has 3 aromatic carbocycles. The maximum absolute atomic E-state index is 12.2. The minimum absolute atomic E-state index is 0.196. The van der Waals surface area contributed by atoms with Crippen molar-refractivity contribution < 1.29 is 14.6 Å². The van der Waals surface area contributed by atoms with Crippen molar-refractivity contribution in [1.29, 1.82) is 0 Å². The Morgan fingerprint density at radius 2 is 1.62 bits per heavy atom. The van der Waals surface area contributed by atoms with Crippen LogP contribution < -0.4 is 10.6 Å². The molecule has 1 amide bonds. The van der Waals surface area contributed by atoms with Gasteiger partial charge in [0, 0.05) is 29.4 Å². The molecule has 0 bridgehead atoms. The number of rotatable bonds is 7. The molecule has 3 aromatic rings. The summed E-state index contributed by atoms with van der Waals surface area (Å²) in [5.41, 5.74) is 3.37. The highest BCUT2D eigenvalue weighted by atomic mass is 35.5. The zero-order valence-electron chi connectivity index (χ0n) is 18.6. The van der Waals surface area contributed by atoms with Crippen molar-refractivity contribution in [3.63, 3.8) is 0 Å². The molecule has 1 unspecified atom stereocenters. The summed E-state index contributed by atoms with van der Waals surface area (Å²) >= 11 is 6.41. The summed E-state index contributed by atoms with van der Waals surface area (Å²) in [6.07, 6.45) is -1.40. The number of ether oxygens (including phenoxy) is 1. The van der Waals surface area contributed by atoms with Crippen LogP contribution in [-0.4, -0.2) is 16.8 Å². The Morgan fingerprint density at radius 1 is 1.00 bits per heavy atom. The van der Waals surface area contributed by atoms with E-state index >= 15 is 0 Å². The van der Waals surface area contributed by atoms with Gasteiger partial charge in [0.1, 0.15) is 11.7 Å². The van der Waals surface area contributed by atoms with Gasteiger partial charge in [-0.1, -0.05) is 72.3 Å². The lowest BCUT2D eigenvalue weighted by Gasteiger charge is -2.23. The second-order valence-corrected chi connectivity index (χ2v) is 8.97. The van der Waals surface area contributed by atoms with Crippen LogP contribution in [0.15, 0.2) is 72.8 Å². The number of benzene rings is 3. The van der Waals surface area contributed by atoms with Crippen LogP contribution >= 0.6 is 11.6 Å². The van der Waals surface area contributed by atoms with Gasteiger partial charge >= 0.3 is 6.09 Å². The minimum atomic E-state index is -0.881. The number of alkyl carbamates (subject to hydrolysis) is 1. The molecule has 0 spiro atoms. The molecule has 0 aromatic heterocycles. The van der Waals surface area contributed by atoms with Crippen LogP contribution in [0, 0.1) is 0 Å². The number of aliphatic hydroxyl groups excluding tert-OH is 1. The maximum Gasteiger partial charge on any atom is 0.407 e. The highest BCUT2D eigenvalue weighted by Crippen LogP contribution is 2.34. The smallest absolute Gasteiger partial charge is 0.407 e. The molecule has 6 heteroatoms. The van der Waals surface area contributed by atoms with Gasteiger partial charge in [-0.3, -0.25) is 0 Å². The fourth-order valence-corrected chi connectivity index (χ4v) is 3.59. The molecule has 0 heterocycles. The second-order valence-electron chi connectivity index (χ2n) is 8.54. The second kappa shape index (κ2) is 10.5. The highest BCUT2D eigenvalue weighted by Gasteiger charge is 2.20. The molecule has 3 rings (SSSR count). The van der Waals surface area contributed by atoms with Crippen LogP contribution in [0.3, 0.4) is 0 Å². The molecule has 0 aliphatic rings. The summed E-state index contributed by atoms with van der Waals surface area (Å²) in [6.45, 7) is 6.19. The van der Waals surface area contributed by atoms with Crippen LogP contribution in [0.5, 0.6) is 0 Å². The van der Waals surface area contributed by atoms with Gasteiger partial charge in [0.05, 0.1) is 0 Å². The first-order valence-electron chi connectivity index (χ1n) is 10.5. The van der Waals surface area contributed by atoms with Crippen LogP contribution in [0.2, 0.25) is 5.02 Å². The Kier molecular flexibility index (Phi) is 7.78. The van der Waals surface area contributed by atoms with E-state index < -0.39 is 17.8 Å². The number of halogens is 1. The summed E-state index contributed by atoms with van der Waals surface area (Å²) < 4.78 is 5.35. The summed E-state index contributed by atoms with van der Waals surface area (Å²) in [5.74, 6) is 0. The molecule has 32 heavy (non-hydrogen) atoms. The molecule has 0 fully saturated rings. The van der Waals surface area contributed by atoms with Crippen molar-refractivity contribution in [3.8, 4) is 0 Å². The predicted octanol–water partition coefficient (Wildman–Crippen LogP) is 6.06. The lowest BCUT2D eigenvalue weighted by atomic mass is 9.96. The summed E-state index contributed by atoms with van der Waals surface area (Å²) in [5, 5.41) is 17.8. The van der Waals surface area contributed by atoms with Crippen molar-refractivity contribution in [2.75, 3.05) is 5.32 Å². The maximum atomic E-state index is 12.2. The fraction of sp³-hybridized carbons (Fsp3) is 0.269. The van der Waals surface area contributed by atoms with Crippen molar-refractivity contribution in [1.82, 2.24) is 5.32 Å². The van der Waals surface area contributed by atoms with E-state index in [4.69, 9.17) is 16.3 Å². The van der Waals surface area contributed by atoms with Crippen LogP contribution in [0.1, 0.15) is 49.1 Å². The van der Waals surface area contributed by atoms with E-state index in [0.717, 1.165) is 22.4 Å². The van der Waals surface area contributed by atoms with Crippen molar-refractivity contribution >= 4 is 23.4 Å². The molecule has 0 aliphatic carbocycles. The lowest BCUT2D eigenvalue weighted by molar-refractivity contribution is 0.0523. The van der Waals surface area contributed by atoms with Crippen LogP contribution in [-0.2, 0) is 17.8 Å². The Morgan fingerprint density at radius 3 is 2.25 bits per heavy atom. The minimum Gasteiger partial charge on any atom is -0.444 e. The lowest BCUT2D eigenvalue weighted by Crippen LogP contribution is -2.32. The Balaban J connectivity index is 1.93. The van der Waals surface area contributed by atoms with Gasteiger partial charge in [0.25, 0.3) is 0 Å². The largest absolute Gasteiger partial charge is 0.444 e. The third kappa shape index (κ3) is 6.74.